The van der Waals surface area contributed by atoms with E-state index in [9.17, 15) is 14.0 Å². The zero-order chi connectivity index (χ0) is 15.4. The van der Waals surface area contributed by atoms with Crippen LogP contribution in [-0.4, -0.2) is 23.5 Å². The average Bonchev–Trinajstić information content (AvgIpc) is 2.45. The highest BCUT2D eigenvalue weighted by atomic mass is 19.1. The highest BCUT2D eigenvalue weighted by Crippen LogP contribution is 2.17. The van der Waals surface area contributed by atoms with Crippen molar-refractivity contribution in [2.45, 2.75) is 6.92 Å². The molecule has 0 spiro atoms. The van der Waals surface area contributed by atoms with E-state index in [1.807, 2.05) is 6.92 Å². The molecule has 0 fully saturated rings. The van der Waals surface area contributed by atoms with E-state index in [4.69, 9.17) is 9.84 Å². The van der Waals surface area contributed by atoms with Gasteiger partial charge < -0.3 is 9.84 Å². The SMILES string of the molecule is Cc1ccc(C(=O)COc2cc(F)cc(C(=O)O)c2)cc1. The van der Waals surface area contributed by atoms with Crippen LogP contribution in [-0.2, 0) is 0 Å². The van der Waals surface area contributed by atoms with Crippen LogP contribution in [0.15, 0.2) is 42.5 Å². The zero-order valence-electron chi connectivity index (χ0n) is 11.3. The Labute approximate surface area is 120 Å². The quantitative estimate of drug-likeness (QED) is 0.859. The van der Waals surface area contributed by atoms with Gasteiger partial charge in [-0.3, -0.25) is 4.79 Å². The van der Waals surface area contributed by atoms with E-state index in [2.05, 4.69) is 0 Å². The molecule has 0 aliphatic heterocycles. The first-order valence-corrected chi connectivity index (χ1v) is 6.22. The second-order valence-electron chi connectivity index (χ2n) is 4.56. The van der Waals surface area contributed by atoms with E-state index >= 15 is 0 Å². The van der Waals surface area contributed by atoms with E-state index in [0.29, 0.717) is 5.56 Å². The molecular formula is C16H13FO4. The first-order valence-electron chi connectivity index (χ1n) is 6.22. The fraction of sp³-hybridized carbons (Fsp3) is 0.125. The molecule has 0 atom stereocenters. The minimum absolute atomic E-state index is 0.00728. The Bertz CT molecular complexity index is 677. The van der Waals surface area contributed by atoms with E-state index in [1.54, 1.807) is 24.3 Å². The Morgan fingerprint density at radius 1 is 1.10 bits per heavy atom. The van der Waals surface area contributed by atoms with E-state index < -0.39 is 11.8 Å². The molecule has 0 bridgehead atoms. The smallest absolute Gasteiger partial charge is 0.335 e. The van der Waals surface area contributed by atoms with Gasteiger partial charge in [-0.05, 0) is 19.1 Å². The van der Waals surface area contributed by atoms with Gasteiger partial charge in [-0.25, -0.2) is 9.18 Å². The Kier molecular flexibility index (Phi) is 4.33. The summed E-state index contributed by atoms with van der Waals surface area (Å²) in [7, 11) is 0. The maximum atomic E-state index is 13.3. The minimum atomic E-state index is -1.26. The molecule has 0 heterocycles. The van der Waals surface area contributed by atoms with Gasteiger partial charge >= 0.3 is 5.97 Å². The van der Waals surface area contributed by atoms with Crippen LogP contribution >= 0.6 is 0 Å². The standard InChI is InChI=1S/C16H13FO4/c1-10-2-4-11(5-3-10)15(18)9-21-14-7-12(16(19)20)6-13(17)8-14/h2-8H,9H2,1H3,(H,19,20). The van der Waals surface area contributed by atoms with E-state index in [1.165, 1.54) is 6.07 Å². The second-order valence-corrected chi connectivity index (χ2v) is 4.56. The highest BCUT2D eigenvalue weighted by Gasteiger charge is 2.10. The maximum Gasteiger partial charge on any atom is 0.335 e. The molecule has 0 aliphatic rings. The topological polar surface area (TPSA) is 63.6 Å². The molecule has 0 saturated carbocycles. The van der Waals surface area contributed by atoms with Crippen molar-refractivity contribution in [1.29, 1.82) is 0 Å². The number of halogens is 1. The van der Waals surface area contributed by atoms with Crippen LogP contribution < -0.4 is 4.74 Å². The summed E-state index contributed by atoms with van der Waals surface area (Å²) in [5.41, 5.74) is 1.28. The molecule has 4 nitrogen and oxygen atoms in total. The van der Waals surface area contributed by atoms with Crippen LogP contribution in [0.2, 0.25) is 0 Å². The second kappa shape index (κ2) is 6.17. The molecule has 2 aromatic rings. The van der Waals surface area contributed by atoms with Crippen molar-refractivity contribution in [1.82, 2.24) is 0 Å². The fourth-order valence-corrected chi connectivity index (χ4v) is 1.74. The van der Waals surface area contributed by atoms with Gasteiger partial charge in [-0.1, -0.05) is 29.8 Å². The molecule has 0 saturated heterocycles. The lowest BCUT2D eigenvalue weighted by Gasteiger charge is -2.07. The molecule has 21 heavy (non-hydrogen) atoms. The summed E-state index contributed by atoms with van der Waals surface area (Å²) in [6.45, 7) is 1.62. The predicted molar refractivity (Wildman–Crippen MR) is 74.4 cm³/mol. The number of carboxylic acids is 1. The van der Waals surface area contributed by atoms with Gasteiger partial charge in [-0.2, -0.15) is 0 Å². The van der Waals surface area contributed by atoms with Crippen molar-refractivity contribution in [3.63, 3.8) is 0 Å². The summed E-state index contributed by atoms with van der Waals surface area (Å²) in [5, 5.41) is 8.83. The van der Waals surface area contributed by atoms with Crippen molar-refractivity contribution < 1.29 is 23.8 Å². The molecule has 0 aromatic heterocycles. The number of Topliss-reactive ketones (excluding diaryl/α,β-unsaturated/α-hetero) is 1. The molecule has 0 unspecified atom stereocenters. The Morgan fingerprint density at radius 3 is 2.38 bits per heavy atom. The third-order valence-electron chi connectivity index (χ3n) is 2.86. The minimum Gasteiger partial charge on any atom is -0.485 e. The summed E-state index contributed by atoms with van der Waals surface area (Å²) in [4.78, 5) is 22.7. The number of ether oxygens (including phenoxy) is 1. The van der Waals surface area contributed by atoms with Crippen molar-refractivity contribution in [3.8, 4) is 5.75 Å². The average molecular weight is 288 g/mol. The third kappa shape index (κ3) is 3.89. The fourth-order valence-electron chi connectivity index (χ4n) is 1.74. The first kappa shape index (κ1) is 14.7. The van der Waals surface area contributed by atoms with Gasteiger partial charge in [0, 0.05) is 11.6 Å². The van der Waals surface area contributed by atoms with Gasteiger partial charge in [0.25, 0.3) is 0 Å². The number of hydrogen-bond acceptors (Lipinski definition) is 3. The van der Waals surface area contributed by atoms with Gasteiger partial charge in [0.15, 0.2) is 12.4 Å². The van der Waals surface area contributed by atoms with Crippen LogP contribution in [0.4, 0.5) is 4.39 Å². The molecule has 2 aromatic carbocycles. The van der Waals surface area contributed by atoms with Crippen molar-refractivity contribution >= 4 is 11.8 Å². The number of aromatic carboxylic acids is 1. The zero-order valence-corrected chi connectivity index (χ0v) is 11.3. The summed E-state index contributed by atoms with van der Waals surface area (Å²) in [5.74, 6) is -2.25. The van der Waals surface area contributed by atoms with Crippen molar-refractivity contribution in [3.05, 3.63) is 65.0 Å². The number of carbonyl (C=O) groups is 2. The van der Waals surface area contributed by atoms with E-state index in [-0.39, 0.29) is 23.7 Å². The molecule has 0 amide bonds. The maximum absolute atomic E-state index is 13.3. The summed E-state index contributed by atoms with van der Waals surface area (Å²) in [6.07, 6.45) is 0. The van der Waals surface area contributed by atoms with Crippen molar-refractivity contribution in [2.75, 3.05) is 6.61 Å². The van der Waals surface area contributed by atoms with Gasteiger partial charge in [-0.15, -0.1) is 0 Å². The highest BCUT2D eigenvalue weighted by molar-refractivity contribution is 5.97. The monoisotopic (exact) mass is 288 g/mol. The molecular weight excluding hydrogens is 275 g/mol. The number of hydrogen-bond donors (Lipinski definition) is 1. The van der Waals surface area contributed by atoms with Gasteiger partial charge in [0.2, 0.25) is 0 Å². The van der Waals surface area contributed by atoms with E-state index in [0.717, 1.165) is 17.7 Å². The predicted octanol–water partition coefficient (Wildman–Crippen LogP) is 3.09. The number of aryl methyl sites for hydroxylation is 1. The van der Waals surface area contributed by atoms with Crippen LogP contribution in [0.1, 0.15) is 26.3 Å². The Hall–Kier alpha value is -2.69. The van der Waals surface area contributed by atoms with Crippen LogP contribution in [0.25, 0.3) is 0 Å². The largest absolute Gasteiger partial charge is 0.485 e. The Balaban J connectivity index is 2.07. The van der Waals surface area contributed by atoms with Crippen LogP contribution in [0.3, 0.4) is 0 Å². The summed E-state index contributed by atoms with van der Waals surface area (Å²) < 4.78 is 18.4. The molecule has 1 N–H and O–H groups in total. The Morgan fingerprint density at radius 2 is 1.76 bits per heavy atom. The van der Waals surface area contributed by atoms with Crippen molar-refractivity contribution in [2.24, 2.45) is 0 Å². The molecule has 108 valence electrons. The number of benzene rings is 2. The first-order chi connectivity index (χ1) is 9.95. The lowest BCUT2D eigenvalue weighted by molar-refractivity contribution is 0.0696. The number of rotatable bonds is 5. The van der Waals surface area contributed by atoms with Crippen LogP contribution in [0, 0.1) is 12.7 Å². The number of carbonyl (C=O) groups excluding carboxylic acids is 1. The molecule has 0 radical (unpaired) electrons. The van der Waals surface area contributed by atoms with Gasteiger partial charge in [0.1, 0.15) is 11.6 Å². The van der Waals surface area contributed by atoms with Gasteiger partial charge in [0.05, 0.1) is 5.56 Å². The summed E-state index contributed by atoms with van der Waals surface area (Å²) >= 11 is 0. The molecule has 0 aliphatic carbocycles. The summed E-state index contributed by atoms with van der Waals surface area (Å²) in [6, 6.07) is 10.1. The normalized spacial score (nSPS) is 10.2. The molecule has 5 heteroatoms. The molecule has 2 rings (SSSR count). The lowest BCUT2D eigenvalue weighted by Crippen LogP contribution is -2.12. The number of carboxylic acid groups (broad SMARTS) is 1. The lowest BCUT2D eigenvalue weighted by atomic mass is 10.1. The third-order valence-corrected chi connectivity index (χ3v) is 2.86. The van der Waals surface area contributed by atoms with Crippen LogP contribution in [0.5, 0.6) is 5.75 Å². The number of ketones is 1.